The van der Waals surface area contributed by atoms with Crippen LogP contribution in [-0.4, -0.2) is 29.9 Å². The van der Waals surface area contributed by atoms with Crippen molar-refractivity contribution in [3.05, 3.63) is 54.1 Å². The number of para-hydroxylation sites is 2. The van der Waals surface area contributed by atoms with Gasteiger partial charge in [0.25, 0.3) is 0 Å². The van der Waals surface area contributed by atoms with Crippen molar-refractivity contribution in [1.29, 1.82) is 0 Å². The van der Waals surface area contributed by atoms with Crippen LogP contribution >= 0.6 is 11.8 Å². The molecule has 0 unspecified atom stereocenters. The fraction of sp³-hybridized carbons (Fsp3) is 0.300. The van der Waals surface area contributed by atoms with E-state index in [1.807, 2.05) is 56.3 Å². The van der Waals surface area contributed by atoms with Crippen LogP contribution in [0.25, 0.3) is 0 Å². The van der Waals surface area contributed by atoms with Gasteiger partial charge >= 0.3 is 0 Å². The van der Waals surface area contributed by atoms with Crippen LogP contribution in [0.15, 0.2) is 48.5 Å². The molecule has 2 rings (SSSR count). The predicted molar refractivity (Wildman–Crippen MR) is 108 cm³/mol. The lowest BCUT2D eigenvalue weighted by molar-refractivity contribution is -0.114. The third-order valence-corrected chi connectivity index (χ3v) is 4.32. The third kappa shape index (κ3) is 6.80. The summed E-state index contributed by atoms with van der Waals surface area (Å²) in [6.45, 7) is 4.59. The van der Waals surface area contributed by atoms with Crippen molar-refractivity contribution in [2.45, 2.75) is 20.3 Å². The zero-order valence-corrected chi connectivity index (χ0v) is 15.9. The molecule has 2 aromatic carbocycles. The highest BCUT2D eigenvalue weighted by Gasteiger charge is 2.09. The molecular weight excluding hydrogens is 348 g/mol. The van der Waals surface area contributed by atoms with E-state index in [0.717, 1.165) is 17.7 Å². The molecule has 2 amide bonds. The predicted octanol–water partition coefficient (Wildman–Crippen LogP) is 4.09. The number of rotatable bonds is 9. The fourth-order valence-corrected chi connectivity index (χ4v) is 2.87. The minimum absolute atomic E-state index is 0.125. The van der Waals surface area contributed by atoms with E-state index in [0.29, 0.717) is 18.0 Å². The number of ether oxygens (including phenoxy) is 1. The first-order chi connectivity index (χ1) is 12.6. The average Bonchev–Trinajstić information content (AvgIpc) is 2.61. The van der Waals surface area contributed by atoms with Crippen LogP contribution in [-0.2, 0) is 9.59 Å². The van der Waals surface area contributed by atoms with Crippen LogP contribution in [0.4, 0.5) is 11.4 Å². The number of carbonyl (C=O) groups is 2. The molecule has 0 aliphatic heterocycles. The van der Waals surface area contributed by atoms with E-state index < -0.39 is 0 Å². The quantitative estimate of drug-likeness (QED) is 0.696. The monoisotopic (exact) mass is 372 g/mol. The molecule has 0 spiro atoms. The zero-order chi connectivity index (χ0) is 18.8. The van der Waals surface area contributed by atoms with Gasteiger partial charge in [-0.25, -0.2) is 0 Å². The topological polar surface area (TPSA) is 67.4 Å². The average molecular weight is 372 g/mol. The Balaban J connectivity index is 1.76. The highest BCUT2D eigenvalue weighted by Crippen LogP contribution is 2.24. The van der Waals surface area contributed by atoms with Crippen molar-refractivity contribution in [3.8, 4) is 5.75 Å². The van der Waals surface area contributed by atoms with Gasteiger partial charge < -0.3 is 15.4 Å². The number of benzene rings is 2. The Bertz CT molecular complexity index is 749. The van der Waals surface area contributed by atoms with Gasteiger partial charge in [-0.15, -0.1) is 11.8 Å². The second-order valence-corrected chi connectivity index (χ2v) is 6.79. The molecule has 2 N–H and O–H groups in total. The van der Waals surface area contributed by atoms with Crippen molar-refractivity contribution < 1.29 is 14.3 Å². The molecule has 0 fully saturated rings. The first-order valence-corrected chi connectivity index (χ1v) is 9.70. The fourth-order valence-electron chi connectivity index (χ4n) is 2.25. The lowest BCUT2D eigenvalue weighted by atomic mass is 10.2. The van der Waals surface area contributed by atoms with E-state index >= 15 is 0 Å². The lowest BCUT2D eigenvalue weighted by Gasteiger charge is -2.11. The van der Waals surface area contributed by atoms with Crippen LogP contribution in [0.1, 0.15) is 18.9 Å². The van der Waals surface area contributed by atoms with Gasteiger partial charge in [0.2, 0.25) is 11.8 Å². The third-order valence-electron chi connectivity index (χ3n) is 3.39. The van der Waals surface area contributed by atoms with Crippen LogP contribution in [0.3, 0.4) is 0 Å². The number of carbonyl (C=O) groups excluding carboxylic acids is 2. The molecule has 138 valence electrons. The van der Waals surface area contributed by atoms with E-state index in [1.165, 1.54) is 11.8 Å². The largest absolute Gasteiger partial charge is 0.491 e. The van der Waals surface area contributed by atoms with E-state index in [1.54, 1.807) is 6.07 Å². The molecule has 0 saturated carbocycles. The van der Waals surface area contributed by atoms with Gasteiger partial charge in [-0.3, -0.25) is 9.59 Å². The van der Waals surface area contributed by atoms with E-state index in [4.69, 9.17) is 4.74 Å². The Kier molecular flexibility index (Phi) is 8.02. The Labute approximate surface area is 158 Å². The molecule has 0 atom stereocenters. The number of hydrogen-bond acceptors (Lipinski definition) is 4. The van der Waals surface area contributed by atoms with Crippen molar-refractivity contribution in [1.82, 2.24) is 0 Å². The van der Waals surface area contributed by atoms with Gasteiger partial charge in [0.05, 0.1) is 23.8 Å². The molecule has 0 aliphatic rings. The summed E-state index contributed by atoms with van der Waals surface area (Å²) in [5.74, 6) is 0.787. The summed E-state index contributed by atoms with van der Waals surface area (Å²) in [4.78, 5) is 24.1. The zero-order valence-electron chi connectivity index (χ0n) is 15.1. The molecule has 0 radical (unpaired) electrons. The summed E-state index contributed by atoms with van der Waals surface area (Å²) in [6, 6.07) is 15.0. The van der Waals surface area contributed by atoms with Crippen LogP contribution in [0, 0.1) is 6.92 Å². The summed E-state index contributed by atoms with van der Waals surface area (Å²) < 4.78 is 5.62. The summed E-state index contributed by atoms with van der Waals surface area (Å²) in [6.07, 6.45) is 0.897. The summed E-state index contributed by atoms with van der Waals surface area (Å²) in [5, 5.41) is 5.66. The Hall–Kier alpha value is -2.47. The highest BCUT2D eigenvalue weighted by atomic mass is 32.2. The number of aryl methyl sites for hydroxylation is 1. The summed E-state index contributed by atoms with van der Waals surface area (Å²) in [5.41, 5.74) is 2.50. The maximum atomic E-state index is 12.1. The minimum Gasteiger partial charge on any atom is -0.491 e. The van der Waals surface area contributed by atoms with E-state index in [2.05, 4.69) is 10.6 Å². The first kappa shape index (κ1) is 19.8. The van der Waals surface area contributed by atoms with Gasteiger partial charge in [-0.05, 0) is 43.2 Å². The first-order valence-electron chi connectivity index (χ1n) is 8.54. The van der Waals surface area contributed by atoms with E-state index in [-0.39, 0.29) is 23.3 Å². The minimum atomic E-state index is -0.161. The molecule has 26 heavy (non-hydrogen) atoms. The molecule has 0 aliphatic carbocycles. The second-order valence-electron chi connectivity index (χ2n) is 5.80. The lowest BCUT2D eigenvalue weighted by Crippen LogP contribution is -2.18. The number of amides is 2. The van der Waals surface area contributed by atoms with E-state index in [9.17, 15) is 9.59 Å². The van der Waals surface area contributed by atoms with Gasteiger partial charge in [0.15, 0.2) is 0 Å². The second kappa shape index (κ2) is 10.5. The molecule has 0 heterocycles. The molecule has 0 saturated heterocycles. The van der Waals surface area contributed by atoms with Crippen molar-refractivity contribution >= 4 is 35.0 Å². The summed E-state index contributed by atoms with van der Waals surface area (Å²) in [7, 11) is 0. The van der Waals surface area contributed by atoms with Crippen LogP contribution in [0.2, 0.25) is 0 Å². The molecule has 5 nitrogen and oxygen atoms in total. The molecular formula is C20H24N2O3S. The highest BCUT2D eigenvalue weighted by molar-refractivity contribution is 8.00. The Morgan fingerprint density at radius 1 is 1.00 bits per heavy atom. The maximum absolute atomic E-state index is 12.1. The van der Waals surface area contributed by atoms with Gasteiger partial charge in [0, 0.05) is 5.69 Å². The van der Waals surface area contributed by atoms with Crippen LogP contribution in [0.5, 0.6) is 5.75 Å². The Morgan fingerprint density at radius 2 is 1.73 bits per heavy atom. The molecule has 0 aromatic heterocycles. The maximum Gasteiger partial charge on any atom is 0.234 e. The standard InChI is InChI=1S/C20H24N2O3S/c1-3-11-25-18-10-5-4-9-17(18)22-20(24)14-26-13-19(23)21-16-8-6-7-15(2)12-16/h4-10,12H,3,11,13-14H2,1-2H3,(H,21,23)(H,22,24). The van der Waals surface area contributed by atoms with Gasteiger partial charge in [-0.1, -0.05) is 31.2 Å². The molecule has 6 heteroatoms. The number of hydrogen-bond donors (Lipinski definition) is 2. The van der Waals surface area contributed by atoms with Gasteiger partial charge in [-0.2, -0.15) is 0 Å². The van der Waals surface area contributed by atoms with Crippen molar-refractivity contribution in [3.63, 3.8) is 0 Å². The van der Waals surface area contributed by atoms with Gasteiger partial charge in [0.1, 0.15) is 5.75 Å². The van der Waals surface area contributed by atoms with Crippen LogP contribution < -0.4 is 15.4 Å². The number of thioether (sulfide) groups is 1. The summed E-state index contributed by atoms with van der Waals surface area (Å²) >= 11 is 1.27. The molecule has 0 bridgehead atoms. The number of anilines is 2. The normalized spacial score (nSPS) is 10.2. The smallest absolute Gasteiger partial charge is 0.234 e. The molecule has 2 aromatic rings. The Morgan fingerprint density at radius 3 is 2.46 bits per heavy atom. The van der Waals surface area contributed by atoms with Crippen molar-refractivity contribution in [2.24, 2.45) is 0 Å². The SMILES string of the molecule is CCCOc1ccccc1NC(=O)CSCC(=O)Nc1cccc(C)c1. The number of nitrogens with one attached hydrogen (secondary N) is 2. The van der Waals surface area contributed by atoms with Crippen molar-refractivity contribution in [2.75, 3.05) is 28.7 Å².